The number of aromatic amines is 1. The smallest absolute Gasteiger partial charge is 0.190 e. The molecular weight excluding hydrogens is 352 g/mol. The fourth-order valence-corrected chi connectivity index (χ4v) is 3.05. The van der Waals surface area contributed by atoms with Crippen LogP contribution in [0.25, 0.3) is 0 Å². The molecule has 1 aliphatic heterocycles. The Kier molecular flexibility index (Phi) is 3.99. The highest BCUT2D eigenvalue weighted by Gasteiger charge is 2.25. The van der Waals surface area contributed by atoms with E-state index in [0.717, 1.165) is 21.7 Å². The van der Waals surface area contributed by atoms with Crippen LogP contribution in [0.1, 0.15) is 37.4 Å². The highest BCUT2D eigenvalue weighted by atomic mass is 79.9. The van der Waals surface area contributed by atoms with Crippen LogP contribution in [0.5, 0.6) is 11.5 Å². The summed E-state index contributed by atoms with van der Waals surface area (Å²) in [6.45, 7) is 4.61. The van der Waals surface area contributed by atoms with Gasteiger partial charge in [0, 0.05) is 5.69 Å². The van der Waals surface area contributed by atoms with Gasteiger partial charge in [-0.05, 0) is 34.0 Å². The van der Waals surface area contributed by atoms with Crippen LogP contribution in [-0.2, 0) is 0 Å². The van der Waals surface area contributed by atoms with E-state index in [1.54, 1.807) is 0 Å². The van der Waals surface area contributed by atoms with Crippen LogP contribution in [0.15, 0.2) is 28.7 Å². The molecule has 2 aromatic rings. The number of fused-ring (bicyclic) bond motifs is 1. The third kappa shape index (κ3) is 2.82. The maximum atomic E-state index is 5.97. The van der Waals surface area contributed by atoms with Crippen molar-refractivity contribution in [2.24, 2.45) is 0 Å². The summed E-state index contributed by atoms with van der Waals surface area (Å²) >= 11 is 8.82. The maximum Gasteiger partial charge on any atom is 0.190 e. The maximum absolute atomic E-state index is 5.97. The Labute approximate surface area is 136 Å². The number of para-hydroxylation sites is 2. The molecule has 0 radical (unpaired) electrons. The van der Waals surface area contributed by atoms with E-state index in [1.165, 1.54) is 0 Å². The number of rotatable bonds is 2. The van der Waals surface area contributed by atoms with Crippen LogP contribution in [0, 0.1) is 4.64 Å². The SMILES string of the molecule is CC(C)c1[nH]c(C2COc3ccccc3O2)nc(=S)c1Br. The Morgan fingerprint density at radius 2 is 2.05 bits per heavy atom. The summed E-state index contributed by atoms with van der Waals surface area (Å²) in [5.41, 5.74) is 1.02. The summed E-state index contributed by atoms with van der Waals surface area (Å²) in [4.78, 5) is 7.74. The van der Waals surface area contributed by atoms with E-state index in [-0.39, 0.29) is 6.10 Å². The molecule has 0 saturated heterocycles. The molecule has 1 atom stereocenters. The van der Waals surface area contributed by atoms with E-state index in [1.807, 2.05) is 24.3 Å². The first-order chi connectivity index (χ1) is 10.1. The molecule has 0 fully saturated rings. The quantitative estimate of drug-likeness (QED) is 0.792. The molecule has 2 heterocycles. The minimum atomic E-state index is -0.285. The first-order valence-electron chi connectivity index (χ1n) is 6.74. The molecule has 3 rings (SSSR count). The van der Waals surface area contributed by atoms with E-state index in [4.69, 9.17) is 21.7 Å². The zero-order chi connectivity index (χ0) is 15.0. The minimum absolute atomic E-state index is 0.285. The van der Waals surface area contributed by atoms with Crippen LogP contribution < -0.4 is 9.47 Å². The van der Waals surface area contributed by atoms with Crippen LogP contribution >= 0.6 is 28.1 Å². The van der Waals surface area contributed by atoms with Crippen molar-refractivity contribution < 1.29 is 9.47 Å². The van der Waals surface area contributed by atoms with E-state index in [9.17, 15) is 0 Å². The van der Waals surface area contributed by atoms with Crippen molar-refractivity contribution >= 4 is 28.1 Å². The molecular formula is C15H15BrN2O2S. The number of aromatic nitrogens is 2. The lowest BCUT2D eigenvalue weighted by atomic mass is 10.1. The molecule has 1 aromatic heterocycles. The van der Waals surface area contributed by atoms with Crippen molar-refractivity contribution in [2.75, 3.05) is 6.61 Å². The first kappa shape index (κ1) is 14.5. The van der Waals surface area contributed by atoms with E-state index in [0.29, 0.717) is 23.0 Å². The molecule has 0 bridgehead atoms. The first-order valence-corrected chi connectivity index (χ1v) is 7.94. The van der Waals surface area contributed by atoms with Crippen molar-refractivity contribution in [3.63, 3.8) is 0 Å². The van der Waals surface area contributed by atoms with E-state index < -0.39 is 0 Å². The van der Waals surface area contributed by atoms with Crippen molar-refractivity contribution in [3.8, 4) is 11.5 Å². The largest absolute Gasteiger partial charge is 0.485 e. The second kappa shape index (κ2) is 5.77. The average molecular weight is 367 g/mol. The van der Waals surface area contributed by atoms with Gasteiger partial charge in [0.1, 0.15) is 11.2 Å². The molecule has 0 aliphatic carbocycles. The van der Waals surface area contributed by atoms with Crippen LogP contribution in [-0.4, -0.2) is 16.6 Å². The van der Waals surface area contributed by atoms with Gasteiger partial charge in [-0.1, -0.05) is 38.2 Å². The van der Waals surface area contributed by atoms with Gasteiger partial charge in [0.05, 0.1) is 4.47 Å². The van der Waals surface area contributed by atoms with Gasteiger partial charge in [-0.2, -0.15) is 0 Å². The normalized spacial score (nSPS) is 17.0. The van der Waals surface area contributed by atoms with Crippen LogP contribution in [0.4, 0.5) is 0 Å². The van der Waals surface area contributed by atoms with Gasteiger partial charge in [-0.3, -0.25) is 0 Å². The number of nitrogens with zero attached hydrogens (tertiary/aromatic N) is 1. The number of nitrogens with one attached hydrogen (secondary N) is 1. The average Bonchev–Trinajstić information content (AvgIpc) is 2.49. The number of hydrogen-bond acceptors (Lipinski definition) is 4. The molecule has 4 nitrogen and oxygen atoms in total. The van der Waals surface area contributed by atoms with E-state index in [2.05, 4.69) is 39.7 Å². The Morgan fingerprint density at radius 1 is 1.33 bits per heavy atom. The third-order valence-electron chi connectivity index (χ3n) is 3.30. The molecule has 1 unspecified atom stereocenters. The van der Waals surface area contributed by atoms with Crippen molar-refractivity contribution in [3.05, 3.63) is 44.9 Å². The monoisotopic (exact) mass is 366 g/mol. The lowest BCUT2D eigenvalue weighted by Crippen LogP contribution is -2.24. The lowest BCUT2D eigenvalue weighted by Gasteiger charge is -2.26. The highest BCUT2D eigenvalue weighted by Crippen LogP contribution is 2.35. The summed E-state index contributed by atoms with van der Waals surface area (Å²) in [7, 11) is 0. The lowest BCUT2D eigenvalue weighted by molar-refractivity contribution is 0.0847. The molecule has 0 amide bonds. The summed E-state index contributed by atoms with van der Waals surface area (Å²) in [5.74, 6) is 2.48. The van der Waals surface area contributed by atoms with Crippen molar-refractivity contribution in [2.45, 2.75) is 25.9 Å². The predicted octanol–water partition coefficient (Wildman–Crippen LogP) is 4.54. The zero-order valence-corrected chi connectivity index (χ0v) is 14.1. The Bertz CT molecular complexity index is 730. The molecule has 110 valence electrons. The van der Waals surface area contributed by atoms with Gasteiger partial charge in [-0.25, -0.2) is 4.98 Å². The standard InChI is InChI=1S/C15H15BrN2O2S/c1-8(2)13-12(16)15(21)18-14(17-13)11-7-19-9-5-3-4-6-10(9)20-11/h3-6,8,11H,7H2,1-2H3,(H,17,18,21). The van der Waals surface area contributed by atoms with Crippen LogP contribution in [0.2, 0.25) is 0 Å². The zero-order valence-electron chi connectivity index (χ0n) is 11.7. The van der Waals surface area contributed by atoms with Crippen LogP contribution in [0.3, 0.4) is 0 Å². The molecule has 1 N–H and O–H groups in total. The summed E-state index contributed by atoms with van der Waals surface area (Å²) in [6, 6.07) is 7.62. The minimum Gasteiger partial charge on any atom is -0.485 e. The molecule has 6 heteroatoms. The molecule has 21 heavy (non-hydrogen) atoms. The van der Waals surface area contributed by atoms with Gasteiger partial charge in [-0.15, -0.1) is 0 Å². The fourth-order valence-electron chi connectivity index (χ4n) is 2.20. The van der Waals surface area contributed by atoms with Crippen molar-refractivity contribution in [1.82, 2.24) is 9.97 Å². The summed E-state index contributed by atoms with van der Waals surface area (Å²) < 4.78 is 13.1. The molecule has 0 spiro atoms. The highest BCUT2D eigenvalue weighted by molar-refractivity contribution is 9.10. The van der Waals surface area contributed by atoms with Gasteiger partial charge >= 0.3 is 0 Å². The number of hydrogen-bond donors (Lipinski definition) is 1. The fraction of sp³-hybridized carbons (Fsp3) is 0.333. The Morgan fingerprint density at radius 3 is 2.76 bits per heavy atom. The topological polar surface area (TPSA) is 47.1 Å². The number of halogens is 1. The molecule has 1 aromatic carbocycles. The number of H-pyrrole nitrogens is 1. The van der Waals surface area contributed by atoms with Crippen molar-refractivity contribution in [1.29, 1.82) is 0 Å². The van der Waals surface area contributed by atoms with Gasteiger partial charge in [0.2, 0.25) is 0 Å². The van der Waals surface area contributed by atoms with Gasteiger partial charge in [0.25, 0.3) is 0 Å². The second-order valence-electron chi connectivity index (χ2n) is 5.17. The summed E-state index contributed by atoms with van der Waals surface area (Å²) in [6.07, 6.45) is -0.285. The number of benzene rings is 1. The Hall–Kier alpha value is -1.40. The molecule has 0 saturated carbocycles. The van der Waals surface area contributed by atoms with Gasteiger partial charge < -0.3 is 14.5 Å². The predicted molar refractivity (Wildman–Crippen MR) is 86.5 cm³/mol. The third-order valence-corrected chi connectivity index (χ3v) is 4.66. The van der Waals surface area contributed by atoms with E-state index >= 15 is 0 Å². The van der Waals surface area contributed by atoms with Gasteiger partial charge in [0.15, 0.2) is 23.4 Å². The Balaban J connectivity index is 1.97. The number of ether oxygens (including phenoxy) is 2. The second-order valence-corrected chi connectivity index (χ2v) is 6.35. The summed E-state index contributed by atoms with van der Waals surface area (Å²) in [5, 5.41) is 0. The molecule has 1 aliphatic rings.